The van der Waals surface area contributed by atoms with E-state index >= 15 is 0 Å². The van der Waals surface area contributed by atoms with Gasteiger partial charge in [0, 0.05) is 15.9 Å². The summed E-state index contributed by atoms with van der Waals surface area (Å²) in [6, 6.07) is 16.7. The maximum atomic E-state index is 12.4. The van der Waals surface area contributed by atoms with Gasteiger partial charge in [0.1, 0.15) is 5.78 Å². The number of Topliss-reactive ketones (excluding diaryl/α,β-unsaturated/α-hetero) is 1. The van der Waals surface area contributed by atoms with Gasteiger partial charge in [-0.1, -0.05) is 36.4 Å². The third-order valence-corrected chi connectivity index (χ3v) is 4.52. The number of carbonyl (C=O) groups excluding carboxylic acids is 1. The van der Waals surface area contributed by atoms with Crippen molar-refractivity contribution in [2.75, 3.05) is 0 Å². The second-order valence-electron chi connectivity index (χ2n) is 5.14. The molecule has 2 aromatic rings. The van der Waals surface area contributed by atoms with Crippen LogP contribution in [0.1, 0.15) is 16.7 Å². The first-order valence-corrected chi connectivity index (χ1v) is 7.64. The summed E-state index contributed by atoms with van der Waals surface area (Å²) in [6.07, 6.45) is 2.40. The van der Waals surface area contributed by atoms with Gasteiger partial charge in [0.2, 0.25) is 0 Å². The number of benzene rings is 2. The highest BCUT2D eigenvalue weighted by molar-refractivity contribution is 14.1. The second kappa shape index (κ2) is 5.45. The Labute approximate surface area is 127 Å². The molecule has 2 heteroatoms. The van der Waals surface area contributed by atoms with E-state index in [1.165, 1.54) is 14.7 Å². The lowest BCUT2D eigenvalue weighted by Crippen LogP contribution is -2.17. The Hall–Kier alpha value is -1.16. The number of rotatable bonds is 3. The molecule has 0 unspecified atom stereocenters. The Morgan fingerprint density at radius 2 is 1.58 bits per heavy atom. The summed E-state index contributed by atoms with van der Waals surface area (Å²) < 4.78 is 1.21. The second-order valence-corrected chi connectivity index (χ2v) is 6.39. The lowest BCUT2D eigenvalue weighted by Gasteiger charge is -2.08. The van der Waals surface area contributed by atoms with E-state index in [9.17, 15) is 4.79 Å². The van der Waals surface area contributed by atoms with Gasteiger partial charge in [-0.3, -0.25) is 4.79 Å². The summed E-state index contributed by atoms with van der Waals surface area (Å²) in [5.41, 5.74) is 3.83. The van der Waals surface area contributed by atoms with Crippen molar-refractivity contribution in [2.45, 2.75) is 19.3 Å². The zero-order chi connectivity index (χ0) is 13.2. The maximum absolute atomic E-state index is 12.4. The van der Waals surface area contributed by atoms with Crippen LogP contribution in [0.3, 0.4) is 0 Å². The van der Waals surface area contributed by atoms with Crippen LogP contribution in [0, 0.1) is 9.49 Å². The zero-order valence-electron chi connectivity index (χ0n) is 10.6. The van der Waals surface area contributed by atoms with E-state index in [4.69, 9.17) is 0 Å². The van der Waals surface area contributed by atoms with Crippen LogP contribution in [0.2, 0.25) is 0 Å². The standard InChI is InChI=1S/C17H15IO/c18-16-7-5-12(6-8-16)9-17(19)15-10-13-3-1-2-4-14(13)11-15/h1-8,15H,9-11H2. The average Bonchev–Trinajstić information content (AvgIpc) is 2.85. The highest BCUT2D eigenvalue weighted by Crippen LogP contribution is 2.27. The summed E-state index contributed by atoms with van der Waals surface area (Å²) in [6.45, 7) is 0. The first kappa shape index (κ1) is 12.9. The number of ketones is 1. The molecule has 1 aliphatic rings. The van der Waals surface area contributed by atoms with Crippen molar-refractivity contribution in [3.05, 3.63) is 68.8 Å². The van der Waals surface area contributed by atoms with Crippen molar-refractivity contribution < 1.29 is 4.79 Å². The Kier molecular flexibility index (Phi) is 3.69. The molecule has 2 aromatic carbocycles. The predicted octanol–water partition coefficient (Wildman–Crippen LogP) is 3.82. The third-order valence-electron chi connectivity index (χ3n) is 3.80. The van der Waals surface area contributed by atoms with Gasteiger partial charge >= 0.3 is 0 Å². The molecule has 0 saturated heterocycles. The number of fused-ring (bicyclic) bond motifs is 1. The lowest BCUT2D eigenvalue weighted by atomic mass is 9.95. The van der Waals surface area contributed by atoms with E-state index in [2.05, 4.69) is 71.1 Å². The van der Waals surface area contributed by atoms with Crippen molar-refractivity contribution in [1.29, 1.82) is 0 Å². The van der Waals surface area contributed by atoms with Crippen LogP contribution in [0.25, 0.3) is 0 Å². The molecule has 1 nitrogen and oxygen atoms in total. The van der Waals surface area contributed by atoms with Crippen LogP contribution < -0.4 is 0 Å². The molecule has 0 aliphatic heterocycles. The summed E-state index contributed by atoms with van der Waals surface area (Å²) in [5.74, 6) is 0.550. The molecule has 0 atom stereocenters. The zero-order valence-corrected chi connectivity index (χ0v) is 12.8. The maximum Gasteiger partial charge on any atom is 0.140 e. The van der Waals surface area contributed by atoms with Crippen LogP contribution in [0.5, 0.6) is 0 Å². The van der Waals surface area contributed by atoms with Crippen molar-refractivity contribution >= 4 is 28.4 Å². The van der Waals surface area contributed by atoms with Crippen LogP contribution in [-0.2, 0) is 24.1 Å². The molecule has 96 valence electrons. The van der Waals surface area contributed by atoms with Crippen molar-refractivity contribution in [1.82, 2.24) is 0 Å². The Balaban J connectivity index is 1.68. The molecule has 0 bridgehead atoms. The van der Waals surface area contributed by atoms with Gasteiger partial charge < -0.3 is 0 Å². The van der Waals surface area contributed by atoms with Crippen LogP contribution in [-0.4, -0.2) is 5.78 Å². The quantitative estimate of drug-likeness (QED) is 0.759. The van der Waals surface area contributed by atoms with E-state index in [1.807, 2.05) is 0 Å². The molecular formula is C17H15IO. The molecule has 1 aliphatic carbocycles. The molecule has 0 aromatic heterocycles. The molecular weight excluding hydrogens is 347 g/mol. The van der Waals surface area contributed by atoms with Gasteiger partial charge in [0.25, 0.3) is 0 Å². The molecule has 0 radical (unpaired) electrons. The van der Waals surface area contributed by atoms with E-state index < -0.39 is 0 Å². The SMILES string of the molecule is O=C(Cc1ccc(I)cc1)C1Cc2ccccc2C1. The fourth-order valence-electron chi connectivity index (χ4n) is 2.73. The van der Waals surface area contributed by atoms with E-state index in [0.717, 1.165) is 18.4 Å². The number of hydrogen-bond donors (Lipinski definition) is 0. The normalized spacial score (nSPS) is 14.4. The van der Waals surface area contributed by atoms with Crippen LogP contribution >= 0.6 is 22.6 Å². The molecule has 0 saturated carbocycles. The Morgan fingerprint density at radius 3 is 2.16 bits per heavy atom. The summed E-state index contributed by atoms with van der Waals surface area (Å²) in [5, 5.41) is 0. The highest BCUT2D eigenvalue weighted by Gasteiger charge is 2.26. The van der Waals surface area contributed by atoms with Gasteiger partial charge in [-0.25, -0.2) is 0 Å². The Morgan fingerprint density at radius 1 is 1.00 bits per heavy atom. The number of hydrogen-bond acceptors (Lipinski definition) is 1. The topological polar surface area (TPSA) is 17.1 Å². The highest BCUT2D eigenvalue weighted by atomic mass is 127. The predicted molar refractivity (Wildman–Crippen MR) is 85.2 cm³/mol. The van der Waals surface area contributed by atoms with Crippen molar-refractivity contribution in [2.24, 2.45) is 5.92 Å². The van der Waals surface area contributed by atoms with Crippen molar-refractivity contribution in [3.8, 4) is 0 Å². The monoisotopic (exact) mass is 362 g/mol. The average molecular weight is 362 g/mol. The molecule has 0 heterocycles. The van der Waals surface area contributed by atoms with E-state index in [1.54, 1.807) is 0 Å². The molecule has 0 amide bonds. The largest absolute Gasteiger partial charge is 0.299 e. The van der Waals surface area contributed by atoms with E-state index in [-0.39, 0.29) is 5.92 Å². The van der Waals surface area contributed by atoms with Crippen LogP contribution in [0.15, 0.2) is 48.5 Å². The van der Waals surface area contributed by atoms with Gasteiger partial charge in [-0.15, -0.1) is 0 Å². The minimum atomic E-state index is 0.177. The molecule has 0 spiro atoms. The molecule has 19 heavy (non-hydrogen) atoms. The van der Waals surface area contributed by atoms with Gasteiger partial charge in [-0.05, 0) is 64.3 Å². The molecule has 0 N–H and O–H groups in total. The van der Waals surface area contributed by atoms with Crippen LogP contribution in [0.4, 0.5) is 0 Å². The minimum absolute atomic E-state index is 0.177. The van der Waals surface area contributed by atoms with Gasteiger partial charge in [-0.2, -0.15) is 0 Å². The Bertz CT molecular complexity index is 576. The smallest absolute Gasteiger partial charge is 0.140 e. The summed E-state index contributed by atoms with van der Waals surface area (Å²) in [4.78, 5) is 12.4. The fraction of sp³-hybridized carbons (Fsp3) is 0.235. The van der Waals surface area contributed by atoms with Crippen molar-refractivity contribution in [3.63, 3.8) is 0 Å². The minimum Gasteiger partial charge on any atom is -0.299 e. The summed E-state index contributed by atoms with van der Waals surface area (Å²) >= 11 is 2.28. The number of halogens is 1. The van der Waals surface area contributed by atoms with Gasteiger partial charge in [0.15, 0.2) is 0 Å². The molecule has 0 fully saturated rings. The van der Waals surface area contributed by atoms with Gasteiger partial charge in [0.05, 0.1) is 0 Å². The summed E-state index contributed by atoms with van der Waals surface area (Å²) in [7, 11) is 0. The van der Waals surface area contributed by atoms with E-state index in [0.29, 0.717) is 12.2 Å². The number of carbonyl (C=O) groups is 1. The molecule has 3 rings (SSSR count). The fourth-order valence-corrected chi connectivity index (χ4v) is 3.09. The first-order valence-electron chi connectivity index (χ1n) is 6.56. The first-order chi connectivity index (χ1) is 9.22. The lowest BCUT2D eigenvalue weighted by molar-refractivity contribution is -0.121. The third kappa shape index (κ3) is 2.89.